The van der Waals surface area contributed by atoms with Crippen molar-refractivity contribution >= 4 is 34.4 Å². The molecule has 3 aromatic rings. The summed E-state index contributed by atoms with van der Waals surface area (Å²) >= 11 is 6.06. The van der Waals surface area contributed by atoms with Crippen LogP contribution >= 0.6 is 11.6 Å². The second kappa shape index (κ2) is 6.63. The third-order valence-electron chi connectivity index (χ3n) is 5.19. The van der Waals surface area contributed by atoms with Gasteiger partial charge in [0.15, 0.2) is 11.2 Å². The molecule has 1 atom stereocenters. The Kier molecular flexibility index (Phi) is 4.38. The highest BCUT2D eigenvalue weighted by molar-refractivity contribution is 6.30. The molecule has 8 nitrogen and oxygen atoms in total. The molecule has 146 valence electrons. The Morgan fingerprint density at radius 1 is 1.25 bits per heavy atom. The molecular formula is C19H21ClN6O2. The molecule has 0 unspecified atom stereocenters. The number of hydrazone groups is 1. The molecule has 0 amide bonds. The van der Waals surface area contributed by atoms with Crippen LogP contribution in [-0.4, -0.2) is 30.9 Å². The minimum Gasteiger partial charge on any atom is -0.294 e. The Morgan fingerprint density at radius 2 is 2.00 bits per heavy atom. The van der Waals surface area contributed by atoms with E-state index >= 15 is 0 Å². The maximum atomic E-state index is 13.4. The van der Waals surface area contributed by atoms with E-state index in [-0.39, 0.29) is 18.1 Å². The summed E-state index contributed by atoms with van der Waals surface area (Å²) in [5, 5.41) is 6.87. The smallest absolute Gasteiger partial charge is 0.294 e. The fraction of sp³-hybridized carbons (Fsp3) is 0.368. The van der Waals surface area contributed by atoms with Gasteiger partial charge >= 0.3 is 5.69 Å². The third kappa shape index (κ3) is 2.67. The van der Waals surface area contributed by atoms with Crippen LogP contribution in [0, 0.1) is 0 Å². The first-order valence-electron chi connectivity index (χ1n) is 9.12. The Hall–Kier alpha value is -2.87. The highest BCUT2D eigenvalue weighted by Gasteiger charge is 2.30. The third-order valence-corrected chi connectivity index (χ3v) is 5.42. The molecule has 3 heterocycles. The van der Waals surface area contributed by atoms with E-state index in [2.05, 4.69) is 10.1 Å². The molecule has 0 spiro atoms. The summed E-state index contributed by atoms with van der Waals surface area (Å²) in [6.45, 7) is 6.61. The molecule has 28 heavy (non-hydrogen) atoms. The number of benzene rings is 1. The Labute approximate surface area is 166 Å². The molecule has 9 heteroatoms. The van der Waals surface area contributed by atoms with Crippen molar-refractivity contribution in [1.29, 1.82) is 0 Å². The van der Waals surface area contributed by atoms with Crippen molar-refractivity contribution in [3.8, 4) is 0 Å². The van der Waals surface area contributed by atoms with Crippen molar-refractivity contribution < 1.29 is 0 Å². The summed E-state index contributed by atoms with van der Waals surface area (Å²) < 4.78 is 4.52. The molecule has 1 aliphatic rings. The van der Waals surface area contributed by atoms with Gasteiger partial charge in [-0.2, -0.15) is 10.1 Å². The summed E-state index contributed by atoms with van der Waals surface area (Å²) in [6.07, 6.45) is 0. The van der Waals surface area contributed by atoms with Gasteiger partial charge in [-0.1, -0.05) is 23.7 Å². The minimum atomic E-state index is -0.415. The lowest BCUT2D eigenvalue weighted by molar-refractivity contribution is 0.631. The second-order valence-electron chi connectivity index (χ2n) is 6.95. The van der Waals surface area contributed by atoms with Crippen LogP contribution < -0.4 is 16.3 Å². The molecular weight excluding hydrogens is 380 g/mol. The average Bonchev–Trinajstić information content (AvgIpc) is 3.07. The highest BCUT2D eigenvalue weighted by atomic mass is 35.5. The molecule has 0 radical (unpaired) electrons. The predicted octanol–water partition coefficient (Wildman–Crippen LogP) is 2.38. The van der Waals surface area contributed by atoms with Gasteiger partial charge < -0.3 is 0 Å². The Bertz CT molecular complexity index is 1240. The van der Waals surface area contributed by atoms with E-state index in [4.69, 9.17) is 11.6 Å². The standard InChI is InChI=1S/C19H21ClN6O2/c1-5-25-18-21-16-15(26(18)12(3)11(2)22-25)17(27)24(19(28)23(16)4)10-13-7-6-8-14(20)9-13/h6-9,12H,5,10H2,1-4H3/t12-/m1/s1. The minimum absolute atomic E-state index is 0.132. The number of fused-ring (bicyclic) bond motifs is 3. The second-order valence-corrected chi connectivity index (χ2v) is 7.39. The fourth-order valence-electron chi connectivity index (χ4n) is 3.55. The zero-order valence-electron chi connectivity index (χ0n) is 16.2. The van der Waals surface area contributed by atoms with Gasteiger partial charge in [-0.25, -0.2) is 9.80 Å². The molecule has 0 N–H and O–H groups in total. The lowest BCUT2D eigenvalue weighted by Crippen LogP contribution is -2.40. The van der Waals surface area contributed by atoms with Gasteiger partial charge in [0.05, 0.1) is 18.3 Å². The first-order valence-corrected chi connectivity index (χ1v) is 9.50. The summed E-state index contributed by atoms with van der Waals surface area (Å²) in [6, 6.07) is 7.01. The number of halogens is 1. The fourth-order valence-corrected chi connectivity index (χ4v) is 3.76. The van der Waals surface area contributed by atoms with Crippen LogP contribution in [0.2, 0.25) is 5.02 Å². The number of imidazole rings is 1. The van der Waals surface area contributed by atoms with Gasteiger partial charge in [0.1, 0.15) is 0 Å². The largest absolute Gasteiger partial charge is 0.332 e. The molecule has 0 bridgehead atoms. The SMILES string of the molecule is CCN1N=C(C)[C@@H](C)n2c1nc1c2c(=O)n(Cc2cccc(Cl)c2)c(=O)n1C. The number of hydrogen-bond donors (Lipinski definition) is 0. The van der Waals surface area contributed by atoms with Crippen molar-refractivity contribution in [1.82, 2.24) is 18.7 Å². The molecule has 1 aromatic carbocycles. The van der Waals surface area contributed by atoms with Gasteiger partial charge in [0, 0.05) is 18.6 Å². The van der Waals surface area contributed by atoms with Crippen molar-refractivity contribution in [3.63, 3.8) is 0 Å². The van der Waals surface area contributed by atoms with E-state index in [9.17, 15) is 9.59 Å². The van der Waals surface area contributed by atoms with Crippen molar-refractivity contribution in [2.24, 2.45) is 12.1 Å². The molecule has 2 aromatic heterocycles. The van der Waals surface area contributed by atoms with Gasteiger partial charge in [0.25, 0.3) is 5.56 Å². The number of aryl methyl sites for hydroxylation is 1. The zero-order valence-corrected chi connectivity index (χ0v) is 16.9. The van der Waals surface area contributed by atoms with Gasteiger partial charge in [-0.05, 0) is 38.5 Å². The predicted molar refractivity (Wildman–Crippen MR) is 111 cm³/mol. The zero-order chi connectivity index (χ0) is 20.2. The molecule has 0 saturated carbocycles. The monoisotopic (exact) mass is 400 g/mol. The van der Waals surface area contributed by atoms with Crippen molar-refractivity contribution in [3.05, 3.63) is 55.7 Å². The number of rotatable bonds is 3. The number of aromatic nitrogens is 4. The molecule has 4 rings (SSSR count). The van der Waals surface area contributed by atoms with E-state index in [1.165, 1.54) is 9.13 Å². The van der Waals surface area contributed by atoms with E-state index < -0.39 is 5.69 Å². The lowest BCUT2D eigenvalue weighted by atomic mass is 10.2. The van der Waals surface area contributed by atoms with E-state index in [1.807, 2.05) is 31.4 Å². The highest BCUT2D eigenvalue weighted by Crippen LogP contribution is 2.29. The van der Waals surface area contributed by atoms with E-state index in [0.717, 1.165) is 11.3 Å². The molecule has 0 aliphatic carbocycles. The first kappa shape index (κ1) is 18.5. The lowest BCUT2D eigenvalue weighted by Gasteiger charge is -2.28. The average molecular weight is 401 g/mol. The quantitative estimate of drug-likeness (QED) is 0.676. The van der Waals surface area contributed by atoms with Crippen molar-refractivity contribution in [2.75, 3.05) is 11.6 Å². The van der Waals surface area contributed by atoms with Crippen LogP contribution in [0.5, 0.6) is 0 Å². The van der Waals surface area contributed by atoms with Crippen LogP contribution in [0.15, 0.2) is 39.0 Å². The van der Waals surface area contributed by atoms with Crippen molar-refractivity contribution in [2.45, 2.75) is 33.4 Å². The summed E-state index contributed by atoms with van der Waals surface area (Å²) in [5.41, 5.74) is 1.64. The normalized spacial score (nSPS) is 16.4. The summed E-state index contributed by atoms with van der Waals surface area (Å²) in [5.74, 6) is 0.572. The molecule has 0 saturated heterocycles. The molecule has 1 aliphatic heterocycles. The van der Waals surface area contributed by atoms with Crippen LogP contribution in [0.4, 0.5) is 5.95 Å². The van der Waals surface area contributed by atoms with Crippen LogP contribution in [0.25, 0.3) is 11.2 Å². The molecule has 0 fully saturated rings. The van der Waals surface area contributed by atoms with Crippen LogP contribution in [-0.2, 0) is 13.6 Å². The number of hydrogen-bond acceptors (Lipinski definition) is 5. The Balaban J connectivity index is 2.00. The number of anilines is 1. The summed E-state index contributed by atoms with van der Waals surface area (Å²) in [4.78, 5) is 30.9. The topological polar surface area (TPSA) is 77.4 Å². The van der Waals surface area contributed by atoms with Crippen LogP contribution in [0.3, 0.4) is 0 Å². The number of nitrogens with zero attached hydrogens (tertiary/aromatic N) is 6. The van der Waals surface area contributed by atoms with Gasteiger partial charge in [-0.15, -0.1) is 0 Å². The van der Waals surface area contributed by atoms with Gasteiger partial charge in [-0.3, -0.25) is 18.5 Å². The summed E-state index contributed by atoms with van der Waals surface area (Å²) in [7, 11) is 1.63. The van der Waals surface area contributed by atoms with Gasteiger partial charge in [0.2, 0.25) is 5.95 Å². The van der Waals surface area contributed by atoms with E-state index in [1.54, 1.807) is 30.3 Å². The Morgan fingerprint density at radius 3 is 2.68 bits per heavy atom. The maximum absolute atomic E-state index is 13.4. The maximum Gasteiger partial charge on any atom is 0.332 e. The van der Waals surface area contributed by atoms with Crippen LogP contribution in [0.1, 0.15) is 32.4 Å². The first-order chi connectivity index (χ1) is 13.3. The van der Waals surface area contributed by atoms with E-state index in [0.29, 0.717) is 28.7 Å².